The molecule has 0 N–H and O–H groups in total. The molecule has 2 heterocycles. The molecule has 1 aromatic rings. The molecule has 5 rings (SSSR count). The number of hydrogen-bond acceptors (Lipinski definition) is 4. The van der Waals surface area contributed by atoms with Gasteiger partial charge in [0.25, 0.3) is 0 Å². The van der Waals surface area contributed by atoms with E-state index in [1.165, 1.54) is 0 Å². The van der Waals surface area contributed by atoms with Crippen molar-refractivity contribution in [1.82, 2.24) is 9.80 Å². The average molecular weight is 368 g/mol. The van der Waals surface area contributed by atoms with Crippen LogP contribution in [0.3, 0.4) is 0 Å². The summed E-state index contributed by atoms with van der Waals surface area (Å²) in [5, 5.41) is 0. The number of benzene rings is 1. The Bertz CT molecular complexity index is 829. The molecule has 2 aliphatic heterocycles. The summed E-state index contributed by atoms with van der Waals surface area (Å²) in [7, 11) is 0. The third kappa shape index (κ3) is 2.49. The Balaban J connectivity index is 1.31. The quantitative estimate of drug-likeness (QED) is 0.757. The molecule has 4 aliphatic rings. The third-order valence-corrected chi connectivity index (χ3v) is 6.96. The van der Waals surface area contributed by atoms with Gasteiger partial charge in [-0.2, -0.15) is 0 Å². The minimum absolute atomic E-state index is 0.0271. The Morgan fingerprint density at radius 2 is 1.81 bits per heavy atom. The number of piperazine rings is 1. The molecule has 142 valence electrons. The average Bonchev–Trinajstić information content (AvgIpc) is 3.32. The van der Waals surface area contributed by atoms with E-state index in [9.17, 15) is 14.4 Å². The van der Waals surface area contributed by atoms with E-state index in [1.807, 2.05) is 29.2 Å². The van der Waals surface area contributed by atoms with Gasteiger partial charge in [-0.15, -0.1) is 0 Å². The van der Waals surface area contributed by atoms with Crippen LogP contribution < -0.4 is 4.74 Å². The Labute approximate surface area is 158 Å². The number of rotatable bonds is 1. The smallest absolute Gasteiger partial charge is 0.226 e. The van der Waals surface area contributed by atoms with Gasteiger partial charge in [-0.3, -0.25) is 14.4 Å². The molecule has 0 radical (unpaired) electrons. The van der Waals surface area contributed by atoms with Gasteiger partial charge in [-0.05, 0) is 30.9 Å². The Morgan fingerprint density at radius 3 is 2.56 bits per heavy atom. The van der Waals surface area contributed by atoms with Gasteiger partial charge in [-0.25, -0.2) is 0 Å². The standard InChI is InChI=1S/C21H24N2O4/c1-13(24)22-8-10-23(11-9-22)20(26)18-15-6-7-21(19(15)18)12-16(25)14-4-2-3-5-17(14)27-21/h2-5,15,18-19H,6-12H2,1H3/t15-,18-,19+,21-/m1/s1. The second-order valence-electron chi connectivity index (χ2n) is 8.35. The van der Waals surface area contributed by atoms with Gasteiger partial charge in [0.15, 0.2) is 5.78 Å². The second-order valence-corrected chi connectivity index (χ2v) is 8.35. The summed E-state index contributed by atoms with van der Waals surface area (Å²) in [5.74, 6) is 1.50. The van der Waals surface area contributed by atoms with Gasteiger partial charge < -0.3 is 14.5 Å². The normalized spacial score (nSPS) is 34.1. The van der Waals surface area contributed by atoms with E-state index < -0.39 is 5.60 Å². The van der Waals surface area contributed by atoms with Crippen LogP contribution in [-0.2, 0) is 9.59 Å². The molecule has 6 heteroatoms. The highest BCUT2D eigenvalue weighted by Gasteiger charge is 2.71. The fourth-order valence-corrected chi connectivity index (χ4v) is 5.55. The number of ether oxygens (including phenoxy) is 1. The number of carbonyl (C=O) groups excluding carboxylic acids is 3. The van der Waals surface area contributed by atoms with Crippen molar-refractivity contribution in [2.75, 3.05) is 26.2 Å². The molecule has 6 nitrogen and oxygen atoms in total. The topological polar surface area (TPSA) is 66.9 Å². The van der Waals surface area contributed by atoms with E-state index in [0.29, 0.717) is 49.8 Å². The second kappa shape index (κ2) is 5.81. The van der Waals surface area contributed by atoms with Crippen molar-refractivity contribution >= 4 is 17.6 Å². The summed E-state index contributed by atoms with van der Waals surface area (Å²) in [5.41, 5.74) is 0.160. The molecule has 1 aromatic carbocycles. The van der Waals surface area contributed by atoms with Crippen LogP contribution in [0.15, 0.2) is 24.3 Å². The molecule has 4 atom stereocenters. The van der Waals surface area contributed by atoms with Crippen LogP contribution in [0.5, 0.6) is 5.75 Å². The summed E-state index contributed by atoms with van der Waals surface area (Å²) < 4.78 is 6.38. The van der Waals surface area contributed by atoms with Gasteiger partial charge >= 0.3 is 0 Å². The maximum Gasteiger partial charge on any atom is 0.226 e. The van der Waals surface area contributed by atoms with E-state index in [4.69, 9.17) is 4.74 Å². The zero-order valence-electron chi connectivity index (χ0n) is 15.5. The molecule has 1 saturated heterocycles. The first kappa shape index (κ1) is 16.8. The van der Waals surface area contributed by atoms with Gasteiger partial charge in [0.05, 0.1) is 12.0 Å². The van der Waals surface area contributed by atoms with Gasteiger partial charge in [0.1, 0.15) is 11.4 Å². The zero-order valence-corrected chi connectivity index (χ0v) is 15.5. The predicted molar refractivity (Wildman–Crippen MR) is 97.3 cm³/mol. The number of ketones is 1. The maximum absolute atomic E-state index is 13.1. The highest BCUT2D eigenvalue weighted by atomic mass is 16.5. The van der Waals surface area contributed by atoms with Gasteiger partial charge in [-0.1, -0.05) is 12.1 Å². The molecule has 2 aliphatic carbocycles. The van der Waals surface area contributed by atoms with Crippen molar-refractivity contribution in [3.63, 3.8) is 0 Å². The molecule has 3 fully saturated rings. The van der Waals surface area contributed by atoms with E-state index in [-0.39, 0.29) is 29.4 Å². The minimum Gasteiger partial charge on any atom is -0.486 e. The molecule has 2 saturated carbocycles. The number of Topliss-reactive ketones (excluding diaryl/α,β-unsaturated/α-hetero) is 1. The van der Waals surface area contributed by atoms with E-state index >= 15 is 0 Å². The van der Waals surface area contributed by atoms with Crippen molar-refractivity contribution in [2.24, 2.45) is 17.8 Å². The third-order valence-electron chi connectivity index (χ3n) is 6.96. The monoisotopic (exact) mass is 368 g/mol. The van der Waals surface area contributed by atoms with Crippen molar-refractivity contribution in [2.45, 2.75) is 31.8 Å². The molecule has 0 unspecified atom stereocenters. The SMILES string of the molecule is CC(=O)N1CCN(C(=O)[C@@H]2[C@H]3CC[C@@]4(CC(=O)c5ccccc5O4)[C@@H]32)CC1. The predicted octanol–water partition coefficient (Wildman–Crippen LogP) is 1.74. The van der Waals surface area contributed by atoms with Gasteiger partial charge in [0.2, 0.25) is 11.8 Å². The lowest BCUT2D eigenvalue weighted by Crippen LogP contribution is -2.51. The lowest BCUT2D eigenvalue weighted by Gasteiger charge is -2.38. The number of nitrogens with zero attached hydrogens (tertiary/aromatic N) is 2. The molecular weight excluding hydrogens is 344 g/mol. The molecule has 27 heavy (non-hydrogen) atoms. The van der Waals surface area contributed by atoms with Crippen molar-refractivity contribution in [3.8, 4) is 5.75 Å². The molecule has 2 amide bonds. The van der Waals surface area contributed by atoms with Crippen LogP contribution in [0, 0.1) is 17.8 Å². The summed E-state index contributed by atoms with van der Waals surface area (Å²) in [6.45, 7) is 3.99. The van der Waals surface area contributed by atoms with Crippen molar-refractivity contribution in [1.29, 1.82) is 0 Å². The summed E-state index contributed by atoms with van der Waals surface area (Å²) in [6.07, 6.45) is 2.18. The summed E-state index contributed by atoms with van der Waals surface area (Å²) in [4.78, 5) is 40.9. The van der Waals surface area contributed by atoms with E-state index in [1.54, 1.807) is 11.8 Å². The van der Waals surface area contributed by atoms with Crippen molar-refractivity contribution < 1.29 is 19.1 Å². The first-order chi connectivity index (χ1) is 13.0. The lowest BCUT2D eigenvalue weighted by molar-refractivity contribution is -0.140. The van der Waals surface area contributed by atoms with Crippen LogP contribution >= 0.6 is 0 Å². The largest absolute Gasteiger partial charge is 0.486 e. The fourth-order valence-electron chi connectivity index (χ4n) is 5.55. The molecule has 1 spiro atoms. The Kier molecular flexibility index (Phi) is 3.61. The Morgan fingerprint density at radius 1 is 1.11 bits per heavy atom. The number of hydrogen-bond donors (Lipinski definition) is 0. The summed E-state index contributed by atoms with van der Waals surface area (Å²) >= 11 is 0. The number of amides is 2. The first-order valence-electron chi connectivity index (χ1n) is 9.86. The Hall–Kier alpha value is -2.37. The summed E-state index contributed by atoms with van der Waals surface area (Å²) in [6, 6.07) is 7.43. The zero-order chi connectivity index (χ0) is 18.8. The van der Waals surface area contributed by atoms with Crippen LogP contribution in [0.4, 0.5) is 0 Å². The molecule has 0 aromatic heterocycles. The van der Waals surface area contributed by atoms with Gasteiger partial charge in [0, 0.05) is 44.9 Å². The lowest BCUT2D eigenvalue weighted by atomic mass is 9.84. The fraction of sp³-hybridized carbons (Fsp3) is 0.571. The highest BCUT2D eigenvalue weighted by Crippen LogP contribution is 2.66. The van der Waals surface area contributed by atoms with E-state index in [2.05, 4.69) is 0 Å². The van der Waals surface area contributed by atoms with Crippen LogP contribution in [-0.4, -0.2) is 59.2 Å². The van der Waals surface area contributed by atoms with Crippen LogP contribution in [0.1, 0.15) is 36.5 Å². The van der Waals surface area contributed by atoms with E-state index in [0.717, 1.165) is 12.8 Å². The molecular formula is C21H24N2O4. The number of fused-ring (bicyclic) bond motifs is 3. The molecule has 0 bridgehead atoms. The van der Waals surface area contributed by atoms with Crippen LogP contribution in [0.2, 0.25) is 0 Å². The number of para-hydroxylation sites is 1. The highest BCUT2D eigenvalue weighted by molar-refractivity contribution is 6.00. The maximum atomic E-state index is 13.1. The number of carbonyl (C=O) groups is 3. The van der Waals surface area contributed by atoms with Crippen molar-refractivity contribution in [3.05, 3.63) is 29.8 Å². The minimum atomic E-state index is -0.502. The van der Waals surface area contributed by atoms with Crippen LogP contribution in [0.25, 0.3) is 0 Å². The first-order valence-corrected chi connectivity index (χ1v) is 9.86.